The van der Waals surface area contributed by atoms with Gasteiger partial charge in [-0.15, -0.1) is 0 Å². The first-order valence-corrected chi connectivity index (χ1v) is 6.58. The standard InChI is InChI=1S/C13H17ClN2O2/c1-3-13(7-4-8-13)15-12-9(2)10(14)5-6-11(12)16(17)18/h5-6,15H,3-4,7-8H2,1-2H3. The Hall–Kier alpha value is -1.29. The van der Waals surface area contributed by atoms with Gasteiger partial charge in [-0.25, -0.2) is 0 Å². The van der Waals surface area contributed by atoms with Crippen LogP contribution in [0.25, 0.3) is 0 Å². The van der Waals surface area contributed by atoms with Crippen molar-refractivity contribution in [2.24, 2.45) is 0 Å². The summed E-state index contributed by atoms with van der Waals surface area (Å²) in [6.07, 6.45) is 4.27. The maximum Gasteiger partial charge on any atom is 0.292 e. The molecule has 0 heterocycles. The molecule has 1 saturated carbocycles. The Bertz CT molecular complexity index is 479. The van der Waals surface area contributed by atoms with Gasteiger partial charge < -0.3 is 5.32 Å². The van der Waals surface area contributed by atoms with Crippen LogP contribution in [-0.2, 0) is 0 Å². The second kappa shape index (κ2) is 4.76. The fraction of sp³-hybridized carbons (Fsp3) is 0.538. The van der Waals surface area contributed by atoms with Crippen molar-refractivity contribution in [3.05, 3.63) is 32.8 Å². The summed E-state index contributed by atoms with van der Waals surface area (Å²) < 4.78 is 0. The third-order valence-corrected chi connectivity index (χ3v) is 4.36. The number of hydrogen-bond acceptors (Lipinski definition) is 3. The van der Waals surface area contributed by atoms with Gasteiger partial charge >= 0.3 is 0 Å². The van der Waals surface area contributed by atoms with E-state index in [1.165, 1.54) is 12.5 Å². The number of nitrogens with one attached hydrogen (secondary N) is 1. The molecule has 0 amide bonds. The number of nitro benzene ring substituents is 1. The first-order chi connectivity index (χ1) is 8.49. The van der Waals surface area contributed by atoms with E-state index in [2.05, 4.69) is 12.2 Å². The maximum absolute atomic E-state index is 11.1. The van der Waals surface area contributed by atoms with Gasteiger partial charge in [0.25, 0.3) is 5.69 Å². The van der Waals surface area contributed by atoms with Crippen LogP contribution in [0.3, 0.4) is 0 Å². The van der Waals surface area contributed by atoms with E-state index in [0.717, 1.165) is 24.8 Å². The molecule has 0 spiro atoms. The molecule has 0 unspecified atom stereocenters. The van der Waals surface area contributed by atoms with E-state index >= 15 is 0 Å². The van der Waals surface area contributed by atoms with E-state index in [-0.39, 0.29) is 16.1 Å². The third-order valence-electron chi connectivity index (χ3n) is 3.95. The lowest BCUT2D eigenvalue weighted by molar-refractivity contribution is -0.384. The Kier molecular flexibility index (Phi) is 3.48. The zero-order valence-electron chi connectivity index (χ0n) is 10.6. The number of benzene rings is 1. The molecule has 0 bridgehead atoms. The van der Waals surface area contributed by atoms with Crippen LogP contribution in [-0.4, -0.2) is 10.5 Å². The van der Waals surface area contributed by atoms with Crippen LogP contribution in [0.5, 0.6) is 0 Å². The van der Waals surface area contributed by atoms with Gasteiger partial charge in [-0.3, -0.25) is 10.1 Å². The lowest BCUT2D eigenvalue weighted by Crippen LogP contribution is -2.44. The van der Waals surface area contributed by atoms with Crippen molar-refractivity contribution in [1.82, 2.24) is 0 Å². The summed E-state index contributed by atoms with van der Waals surface area (Å²) in [7, 11) is 0. The van der Waals surface area contributed by atoms with Gasteiger partial charge in [-0.2, -0.15) is 0 Å². The number of anilines is 1. The van der Waals surface area contributed by atoms with E-state index in [0.29, 0.717) is 10.7 Å². The van der Waals surface area contributed by atoms with E-state index in [9.17, 15) is 10.1 Å². The van der Waals surface area contributed by atoms with Crippen molar-refractivity contribution >= 4 is 23.0 Å². The molecule has 1 aromatic rings. The van der Waals surface area contributed by atoms with Crippen molar-refractivity contribution in [1.29, 1.82) is 0 Å². The molecule has 2 rings (SSSR count). The molecule has 0 saturated heterocycles. The summed E-state index contributed by atoms with van der Waals surface area (Å²) in [6, 6.07) is 3.05. The predicted molar refractivity (Wildman–Crippen MR) is 73.3 cm³/mol. The molecule has 0 aromatic heterocycles. The highest BCUT2D eigenvalue weighted by Crippen LogP contribution is 2.42. The second-order valence-corrected chi connectivity index (χ2v) is 5.34. The maximum atomic E-state index is 11.1. The van der Waals surface area contributed by atoms with Gasteiger partial charge in [0.1, 0.15) is 5.69 Å². The van der Waals surface area contributed by atoms with E-state index in [1.54, 1.807) is 6.07 Å². The molecule has 1 N–H and O–H groups in total. The third kappa shape index (κ3) is 2.17. The predicted octanol–water partition coefficient (Wildman–Crippen LogP) is 4.30. The molecule has 0 aliphatic heterocycles. The monoisotopic (exact) mass is 268 g/mol. The van der Waals surface area contributed by atoms with Crippen molar-refractivity contribution in [3.8, 4) is 0 Å². The fourth-order valence-electron chi connectivity index (χ4n) is 2.42. The zero-order valence-corrected chi connectivity index (χ0v) is 11.4. The Morgan fingerprint density at radius 1 is 1.50 bits per heavy atom. The van der Waals surface area contributed by atoms with Gasteiger partial charge in [0.05, 0.1) is 4.92 Å². The number of halogens is 1. The van der Waals surface area contributed by atoms with Gasteiger partial charge in [0.2, 0.25) is 0 Å². The number of nitrogens with zero attached hydrogens (tertiary/aromatic N) is 1. The first kappa shape index (κ1) is 13.1. The lowest BCUT2D eigenvalue weighted by atomic mass is 9.74. The number of hydrogen-bond donors (Lipinski definition) is 1. The molecule has 5 heteroatoms. The van der Waals surface area contributed by atoms with Gasteiger partial charge in [0, 0.05) is 16.6 Å². The molecule has 0 radical (unpaired) electrons. The van der Waals surface area contributed by atoms with Crippen molar-refractivity contribution in [2.75, 3.05) is 5.32 Å². The van der Waals surface area contributed by atoms with E-state index < -0.39 is 0 Å². The molecule has 4 nitrogen and oxygen atoms in total. The summed E-state index contributed by atoms with van der Waals surface area (Å²) in [5.41, 5.74) is 1.46. The van der Waals surface area contributed by atoms with Crippen LogP contribution in [0.1, 0.15) is 38.2 Å². The highest BCUT2D eigenvalue weighted by Gasteiger charge is 2.37. The van der Waals surface area contributed by atoms with Crippen molar-refractivity contribution in [2.45, 2.75) is 45.1 Å². The first-order valence-electron chi connectivity index (χ1n) is 6.21. The highest BCUT2D eigenvalue weighted by molar-refractivity contribution is 6.31. The second-order valence-electron chi connectivity index (χ2n) is 4.94. The molecule has 0 atom stereocenters. The largest absolute Gasteiger partial charge is 0.374 e. The summed E-state index contributed by atoms with van der Waals surface area (Å²) in [5, 5.41) is 15.0. The molecule has 1 aromatic carbocycles. The van der Waals surface area contributed by atoms with Crippen LogP contribution >= 0.6 is 11.6 Å². The minimum Gasteiger partial charge on any atom is -0.374 e. The van der Waals surface area contributed by atoms with Crippen LogP contribution in [0.4, 0.5) is 11.4 Å². The lowest BCUT2D eigenvalue weighted by Gasteiger charge is -2.43. The molecular formula is C13H17ClN2O2. The van der Waals surface area contributed by atoms with Gasteiger partial charge in [-0.05, 0) is 44.2 Å². The normalized spacial score (nSPS) is 17.1. The Morgan fingerprint density at radius 3 is 2.61 bits per heavy atom. The minimum absolute atomic E-state index is 0.0141. The van der Waals surface area contributed by atoms with Crippen molar-refractivity contribution < 1.29 is 4.92 Å². The van der Waals surface area contributed by atoms with Crippen molar-refractivity contribution in [3.63, 3.8) is 0 Å². The van der Waals surface area contributed by atoms with E-state index in [1.807, 2.05) is 6.92 Å². The summed E-state index contributed by atoms with van der Waals surface area (Å²) in [5.74, 6) is 0. The van der Waals surface area contributed by atoms with Crippen LogP contribution in [0.2, 0.25) is 5.02 Å². The molecule has 98 valence electrons. The molecule has 1 aliphatic carbocycles. The molecule has 18 heavy (non-hydrogen) atoms. The molecular weight excluding hydrogens is 252 g/mol. The Morgan fingerprint density at radius 2 is 2.17 bits per heavy atom. The Labute approximate surface area is 111 Å². The van der Waals surface area contributed by atoms with E-state index in [4.69, 9.17) is 11.6 Å². The fourth-order valence-corrected chi connectivity index (χ4v) is 2.58. The quantitative estimate of drug-likeness (QED) is 0.654. The summed E-state index contributed by atoms with van der Waals surface area (Å²) >= 11 is 6.06. The smallest absolute Gasteiger partial charge is 0.292 e. The van der Waals surface area contributed by atoms with Crippen LogP contribution < -0.4 is 5.32 Å². The molecule has 1 fully saturated rings. The van der Waals surface area contributed by atoms with Gasteiger partial charge in [-0.1, -0.05) is 18.5 Å². The average molecular weight is 269 g/mol. The van der Waals surface area contributed by atoms with Crippen LogP contribution in [0.15, 0.2) is 12.1 Å². The summed E-state index contributed by atoms with van der Waals surface area (Å²) in [4.78, 5) is 10.7. The number of nitro groups is 1. The highest BCUT2D eigenvalue weighted by atomic mass is 35.5. The SMILES string of the molecule is CCC1(Nc2c([N+](=O)[O-])ccc(Cl)c2C)CCC1. The summed E-state index contributed by atoms with van der Waals surface area (Å²) in [6.45, 7) is 3.93. The topological polar surface area (TPSA) is 55.2 Å². The number of rotatable bonds is 4. The Balaban J connectivity index is 2.41. The average Bonchev–Trinajstić information content (AvgIpc) is 2.28. The minimum atomic E-state index is -0.353. The zero-order chi connectivity index (χ0) is 13.3. The van der Waals surface area contributed by atoms with Crippen LogP contribution in [0, 0.1) is 17.0 Å². The van der Waals surface area contributed by atoms with Gasteiger partial charge in [0.15, 0.2) is 0 Å². The molecule has 1 aliphatic rings.